The summed E-state index contributed by atoms with van der Waals surface area (Å²) in [6, 6.07) is 18.0. The summed E-state index contributed by atoms with van der Waals surface area (Å²) in [5.41, 5.74) is 3.19. The Morgan fingerprint density at radius 1 is 1.03 bits per heavy atom. The van der Waals surface area contributed by atoms with E-state index in [1.165, 1.54) is 14.2 Å². The highest BCUT2D eigenvalue weighted by Crippen LogP contribution is 2.28. The van der Waals surface area contributed by atoms with Gasteiger partial charge in [-0.3, -0.25) is 10.1 Å². The number of thiocarbonyl (C=S) groups is 1. The molecule has 0 aliphatic heterocycles. The van der Waals surface area contributed by atoms with E-state index in [9.17, 15) is 4.79 Å². The van der Waals surface area contributed by atoms with E-state index >= 15 is 0 Å². The van der Waals surface area contributed by atoms with Crippen LogP contribution in [0.3, 0.4) is 0 Å². The molecular weight excluding hydrogens is 494 g/mol. The molecule has 162 valence electrons. The van der Waals surface area contributed by atoms with Crippen molar-refractivity contribution in [2.75, 3.05) is 19.5 Å². The number of hydrogen-bond acceptors (Lipinski definition) is 6. The monoisotopic (exact) mass is 511 g/mol. The van der Waals surface area contributed by atoms with E-state index in [1.807, 2.05) is 24.3 Å². The number of aromatic nitrogens is 1. The number of nitrogens with zero attached hydrogens (tertiary/aromatic N) is 1. The van der Waals surface area contributed by atoms with E-state index in [4.69, 9.17) is 26.1 Å². The van der Waals surface area contributed by atoms with Crippen LogP contribution in [0.15, 0.2) is 69.6 Å². The van der Waals surface area contributed by atoms with Gasteiger partial charge >= 0.3 is 0 Å². The van der Waals surface area contributed by atoms with E-state index in [-0.39, 0.29) is 11.0 Å². The number of amides is 1. The van der Waals surface area contributed by atoms with E-state index < -0.39 is 0 Å². The van der Waals surface area contributed by atoms with Crippen LogP contribution in [0.2, 0.25) is 0 Å². The van der Waals surface area contributed by atoms with Crippen LogP contribution < -0.4 is 20.1 Å². The summed E-state index contributed by atoms with van der Waals surface area (Å²) in [7, 11) is 3.04. The van der Waals surface area contributed by atoms with Gasteiger partial charge in [-0.05, 0) is 60.7 Å². The van der Waals surface area contributed by atoms with E-state index in [0.717, 1.165) is 10.0 Å². The average molecular weight is 512 g/mol. The van der Waals surface area contributed by atoms with Crippen molar-refractivity contribution < 1.29 is 18.7 Å². The van der Waals surface area contributed by atoms with Crippen LogP contribution in [-0.2, 0) is 0 Å². The summed E-state index contributed by atoms with van der Waals surface area (Å²) in [5.74, 6) is 1.14. The molecule has 0 radical (unpaired) electrons. The summed E-state index contributed by atoms with van der Waals surface area (Å²) < 4.78 is 17.2. The number of halogens is 1. The second-order valence-corrected chi connectivity index (χ2v) is 8.05. The van der Waals surface area contributed by atoms with Gasteiger partial charge in [0.05, 0.1) is 14.2 Å². The van der Waals surface area contributed by atoms with Gasteiger partial charge in [-0.2, -0.15) is 0 Å². The van der Waals surface area contributed by atoms with Crippen LogP contribution in [0.5, 0.6) is 11.5 Å². The lowest BCUT2D eigenvalue weighted by atomic mass is 10.2. The van der Waals surface area contributed by atoms with Crippen molar-refractivity contribution in [2.24, 2.45) is 0 Å². The number of rotatable bonds is 5. The van der Waals surface area contributed by atoms with Gasteiger partial charge in [-0.25, -0.2) is 4.98 Å². The largest absolute Gasteiger partial charge is 0.497 e. The van der Waals surface area contributed by atoms with Crippen LogP contribution >= 0.6 is 28.1 Å². The molecule has 1 amide bonds. The first kappa shape index (κ1) is 21.8. The maximum absolute atomic E-state index is 12.6. The highest BCUT2D eigenvalue weighted by atomic mass is 79.9. The minimum absolute atomic E-state index is 0.145. The van der Waals surface area contributed by atoms with Gasteiger partial charge in [0, 0.05) is 27.4 Å². The number of hydrogen-bond donors (Lipinski definition) is 2. The van der Waals surface area contributed by atoms with Crippen LogP contribution in [0.25, 0.3) is 22.6 Å². The maximum atomic E-state index is 12.6. The van der Waals surface area contributed by atoms with Crippen molar-refractivity contribution in [3.63, 3.8) is 0 Å². The average Bonchev–Trinajstić information content (AvgIpc) is 3.22. The lowest BCUT2D eigenvalue weighted by Crippen LogP contribution is -2.34. The molecule has 0 unspecified atom stereocenters. The zero-order chi connectivity index (χ0) is 22.7. The highest BCUT2D eigenvalue weighted by Gasteiger charge is 2.13. The van der Waals surface area contributed by atoms with Crippen molar-refractivity contribution in [2.45, 2.75) is 0 Å². The normalized spacial score (nSPS) is 10.6. The van der Waals surface area contributed by atoms with Gasteiger partial charge in [0.15, 0.2) is 10.7 Å². The lowest BCUT2D eigenvalue weighted by Gasteiger charge is -2.11. The number of carbonyl (C=O) groups is 1. The molecule has 0 saturated heterocycles. The minimum atomic E-state index is -0.390. The quantitative estimate of drug-likeness (QED) is 0.347. The van der Waals surface area contributed by atoms with Crippen molar-refractivity contribution in [3.8, 4) is 23.0 Å². The molecule has 0 atom stereocenters. The van der Waals surface area contributed by atoms with E-state index in [0.29, 0.717) is 39.7 Å². The third-order valence-electron chi connectivity index (χ3n) is 4.56. The molecule has 0 spiro atoms. The number of ether oxygens (including phenoxy) is 2. The molecule has 3 aromatic carbocycles. The maximum Gasteiger partial charge on any atom is 0.257 e. The van der Waals surface area contributed by atoms with E-state index in [1.54, 1.807) is 36.4 Å². The van der Waals surface area contributed by atoms with Gasteiger partial charge in [0.2, 0.25) is 5.89 Å². The fourth-order valence-electron chi connectivity index (χ4n) is 3.03. The number of benzene rings is 3. The van der Waals surface area contributed by atoms with Gasteiger partial charge < -0.3 is 19.2 Å². The Bertz CT molecular complexity index is 1300. The predicted molar refractivity (Wildman–Crippen MR) is 130 cm³/mol. The Balaban J connectivity index is 1.48. The molecule has 1 aromatic heterocycles. The molecule has 4 rings (SSSR count). The first-order valence-corrected chi connectivity index (χ1v) is 10.7. The topological polar surface area (TPSA) is 85.6 Å². The summed E-state index contributed by atoms with van der Waals surface area (Å²) in [5, 5.41) is 5.80. The Hall–Kier alpha value is -3.43. The first-order valence-electron chi connectivity index (χ1n) is 9.47. The number of carbonyl (C=O) groups excluding carboxylic acids is 1. The summed E-state index contributed by atoms with van der Waals surface area (Å²) in [4.78, 5) is 17.2. The number of nitrogens with one attached hydrogen (secondary N) is 2. The number of anilines is 1. The highest BCUT2D eigenvalue weighted by molar-refractivity contribution is 9.10. The standard InChI is InChI=1S/C23H18BrN3O4S/c1-29-17-9-14(10-18(12-17)30-2)21(28)27-23(32)25-16-6-7-20-19(11-16)26-22(31-20)13-4-3-5-15(24)8-13/h3-12H,1-2H3,(H2,25,27,28,32). The smallest absolute Gasteiger partial charge is 0.257 e. The molecule has 0 saturated carbocycles. The van der Waals surface area contributed by atoms with Gasteiger partial charge in [0.25, 0.3) is 5.91 Å². The molecule has 0 fully saturated rings. The Morgan fingerprint density at radius 3 is 2.47 bits per heavy atom. The van der Waals surface area contributed by atoms with Crippen molar-refractivity contribution in [3.05, 3.63) is 70.7 Å². The molecular formula is C23H18BrN3O4S. The number of oxazole rings is 1. The second-order valence-electron chi connectivity index (χ2n) is 6.72. The van der Waals surface area contributed by atoms with Crippen molar-refractivity contribution >= 4 is 56.0 Å². The van der Waals surface area contributed by atoms with Crippen LogP contribution in [0.1, 0.15) is 10.4 Å². The molecule has 1 heterocycles. The van der Waals surface area contributed by atoms with Crippen LogP contribution in [-0.4, -0.2) is 30.2 Å². The Kier molecular flexibility index (Phi) is 6.38. The molecule has 0 aliphatic rings. The fraction of sp³-hybridized carbons (Fsp3) is 0.0870. The summed E-state index contributed by atoms with van der Waals surface area (Å²) in [6.07, 6.45) is 0. The van der Waals surface area contributed by atoms with E-state index in [2.05, 4.69) is 31.5 Å². The Morgan fingerprint density at radius 2 is 1.78 bits per heavy atom. The molecule has 7 nitrogen and oxygen atoms in total. The predicted octanol–water partition coefficient (Wildman–Crippen LogP) is 5.40. The molecule has 2 N–H and O–H groups in total. The molecule has 0 aliphatic carbocycles. The third-order valence-corrected chi connectivity index (χ3v) is 5.26. The SMILES string of the molecule is COc1cc(OC)cc(C(=O)NC(=S)Nc2ccc3oc(-c4cccc(Br)c4)nc3c2)c1. The van der Waals surface area contributed by atoms with Crippen molar-refractivity contribution in [1.29, 1.82) is 0 Å². The Labute approximate surface area is 197 Å². The fourth-order valence-corrected chi connectivity index (χ4v) is 3.64. The molecule has 0 bridgehead atoms. The zero-order valence-electron chi connectivity index (χ0n) is 17.1. The van der Waals surface area contributed by atoms with Gasteiger partial charge in [0.1, 0.15) is 17.0 Å². The summed E-state index contributed by atoms with van der Waals surface area (Å²) >= 11 is 8.75. The van der Waals surface area contributed by atoms with Gasteiger partial charge in [-0.15, -0.1) is 0 Å². The zero-order valence-corrected chi connectivity index (χ0v) is 19.5. The first-order chi connectivity index (χ1) is 15.4. The lowest BCUT2D eigenvalue weighted by molar-refractivity contribution is 0.0977. The minimum Gasteiger partial charge on any atom is -0.497 e. The van der Waals surface area contributed by atoms with Crippen molar-refractivity contribution in [1.82, 2.24) is 10.3 Å². The third kappa shape index (κ3) is 4.90. The van der Waals surface area contributed by atoms with Crippen LogP contribution in [0.4, 0.5) is 5.69 Å². The van der Waals surface area contributed by atoms with Gasteiger partial charge in [-0.1, -0.05) is 22.0 Å². The summed E-state index contributed by atoms with van der Waals surface area (Å²) in [6.45, 7) is 0. The van der Waals surface area contributed by atoms with Crippen LogP contribution in [0, 0.1) is 0 Å². The molecule has 9 heteroatoms. The number of fused-ring (bicyclic) bond motifs is 1. The molecule has 4 aromatic rings. The molecule has 32 heavy (non-hydrogen) atoms. The number of methoxy groups -OCH3 is 2. The second kappa shape index (κ2) is 9.37.